The van der Waals surface area contributed by atoms with E-state index in [4.69, 9.17) is 16.3 Å². The van der Waals surface area contributed by atoms with Gasteiger partial charge in [0.1, 0.15) is 11.6 Å². The first-order valence-corrected chi connectivity index (χ1v) is 8.63. The van der Waals surface area contributed by atoms with Crippen LogP contribution in [0.1, 0.15) is 22.3 Å². The number of hydrogen-bond acceptors (Lipinski definition) is 3. The van der Waals surface area contributed by atoms with Crippen molar-refractivity contribution in [2.75, 3.05) is 13.2 Å². The van der Waals surface area contributed by atoms with Crippen LogP contribution in [0.5, 0.6) is 5.75 Å². The molecule has 2 amide bonds. The van der Waals surface area contributed by atoms with Crippen LogP contribution in [0.25, 0.3) is 0 Å². The number of amides is 2. The van der Waals surface area contributed by atoms with Gasteiger partial charge in [-0.2, -0.15) is 0 Å². The van der Waals surface area contributed by atoms with Gasteiger partial charge in [0.25, 0.3) is 11.8 Å². The number of halogens is 2. The van der Waals surface area contributed by atoms with E-state index in [1.54, 1.807) is 12.1 Å². The third-order valence-corrected chi connectivity index (χ3v) is 3.88. The van der Waals surface area contributed by atoms with Crippen LogP contribution >= 0.6 is 11.6 Å². The van der Waals surface area contributed by atoms with E-state index in [1.807, 2.05) is 19.1 Å². The lowest BCUT2D eigenvalue weighted by atomic mass is 10.1. The van der Waals surface area contributed by atoms with Crippen LogP contribution in [-0.2, 0) is 4.79 Å². The Morgan fingerprint density at radius 3 is 2.70 bits per heavy atom. The number of nitrogens with one attached hydrogen (secondary N) is 2. The lowest BCUT2D eigenvalue weighted by Gasteiger charge is -2.11. The third kappa shape index (κ3) is 6.75. The molecule has 27 heavy (non-hydrogen) atoms. The summed E-state index contributed by atoms with van der Waals surface area (Å²) in [6.07, 6.45) is 0.374. The van der Waals surface area contributed by atoms with Crippen LogP contribution in [0.3, 0.4) is 0 Å². The first kappa shape index (κ1) is 20.5. The summed E-state index contributed by atoms with van der Waals surface area (Å²) in [6, 6.07) is 11.2. The third-order valence-electron chi connectivity index (χ3n) is 3.57. The van der Waals surface area contributed by atoms with Crippen LogP contribution in [-0.4, -0.2) is 25.0 Å². The van der Waals surface area contributed by atoms with Gasteiger partial charge in [0.05, 0.1) is 5.02 Å². The first-order valence-electron chi connectivity index (χ1n) is 8.25. The molecule has 142 valence electrons. The minimum absolute atomic E-state index is 0.0205. The number of benzene rings is 2. The van der Waals surface area contributed by atoms with Crippen molar-refractivity contribution in [1.82, 2.24) is 10.6 Å². The summed E-state index contributed by atoms with van der Waals surface area (Å²) in [4.78, 5) is 23.9. The number of carbonyl (C=O) groups is 2. The van der Waals surface area contributed by atoms with Gasteiger partial charge in [-0.05, 0) is 31.2 Å². The van der Waals surface area contributed by atoms with Crippen molar-refractivity contribution in [3.05, 3.63) is 76.7 Å². The highest BCUT2D eigenvalue weighted by atomic mass is 35.5. The highest BCUT2D eigenvalue weighted by Crippen LogP contribution is 2.20. The predicted molar refractivity (Wildman–Crippen MR) is 102 cm³/mol. The fourth-order valence-electron chi connectivity index (χ4n) is 2.23. The predicted octanol–water partition coefficient (Wildman–Crippen LogP) is 3.62. The minimum atomic E-state index is -0.622. The zero-order valence-corrected chi connectivity index (χ0v) is 15.6. The van der Waals surface area contributed by atoms with Gasteiger partial charge in [0.2, 0.25) is 0 Å². The number of carbonyl (C=O) groups excluding carboxylic acids is 2. The zero-order valence-electron chi connectivity index (χ0n) is 14.9. The Morgan fingerprint density at radius 1 is 1.22 bits per heavy atom. The molecule has 7 heteroatoms. The summed E-state index contributed by atoms with van der Waals surface area (Å²) >= 11 is 5.58. The summed E-state index contributed by atoms with van der Waals surface area (Å²) in [5.41, 5.74) is 2.02. The van der Waals surface area contributed by atoms with Crippen molar-refractivity contribution in [3.8, 4) is 5.75 Å². The standard InChI is InChI=1S/C20H20ClFN2O3/c1-13-4-3-5-15(10-13)20(26)23-9-8-14(2)24-19(25)12-27-16-6-7-17(21)18(22)11-16/h3-7,10-11H,2,8-9,12H2,1H3,(H,23,26)(H,24,25). The quantitative estimate of drug-likeness (QED) is 0.723. The molecular weight excluding hydrogens is 371 g/mol. The molecule has 0 saturated heterocycles. The summed E-state index contributed by atoms with van der Waals surface area (Å²) < 4.78 is 18.5. The second-order valence-corrected chi connectivity index (χ2v) is 6.30. The van der Waals surface area contributed by atoms with Crippen molar-refractivity contribution in [2.24, 2.45) is 0 Å². The monoisotopic (exact) mass is 390 g/mol. The Bertz CT molecular complexity index is 855. The van der Waals surface area contributed by atoms with Gasteiger partial charge in [0.15, 0.2) is 6.61 Å². The lowest BCUT2D eigenvalue weighted by Crippen LogP contribution is -2.31. The topological polar surface area (TPSA) is 67.4 Å². The second kappa shape index (κ2) is 9.73. The average Bonchev–Trinajstić information content (AvgIpc) is 2.62. The molecule has 0 saturated carbocycles. The Hall–Kier alpha value is -2.86. The van der Waals surface area contributed by atoms with Crippen LogP contribution in [0.2, 0.25) is 5.02 Å². The average molecular weight is 391 g/mol. The zero-order chi connectivity index (χ0) is 19.8. The molecule has 0 radical (unpaired) electrons. The number of ether oxygens (including phenoxy) is 1. The molecule has 0 aliphatic heterocycles. The van der Waals surface area contributed by atoms with Gasteiger partial charge < -0.3 is 15.4 Å². The fourth-order valence-corrected chi connectivity index (χ4v) is 2.34. The molecular formula is C20H20ClFN2O3. The minimum Gasteiger partial charge on any atom is -0.484 e. The first-order chi connectivity index (χ1) is 12.8. The summed E-state index contributed by atoms with van der Waals surface area (Å²) in [5, 5.41) is 5.31. The summed E-state index contributed by atoms with van der Waals surface area (Å²) in [6.45, 7) is 5.69. The SMILES string of the molecule is C=C(CCNC(=O)c1cccc(C)c1)NC(=O)COc1ccc(Cl)c(F)c1. The number of hydrogen-bond donors (Lipinski definition) is 2. The molecule has 2 rings (SSSR count). The number of aryl methyl sites for hydroxylation is 1. The molecule has 0 aromatic heterocycles. The van der Waals surface area contributed by atoms with Gasteiger partial charge in [-0.3, -0.25) is 9.59 Å². The van der Waals surface area contributed by atoms with Crippen LogP contribution in [0, 0.1) is 12.7 Å². The van der Waals surface area contributed by atoms with Gasteiger partial charge in [0, 0.05) is 30.3 Å². The van der Waals surface area contributed by atoms with E-state index in [9.17, 15) is 14.0 Å². The van der Waals surface area contributed by atoms with Crippen molar-refractivity contribution >= 4 is 23.4 Å². The van der Waals surface area contributed by atoms with Crippen molar-refractivity contribution in [1.29, 1.82) is 0 Å². The van der Waals surface area contributed by atoms with E-state index in [-0.39, 0.29) is 23.3 Å². The van der Waals surface area contributed by atoms with Crippen LogP contribution < -0.4 is 15.4 Å². The summed E-state index contributed by atoms with van der Waals surface area (Å²) in [7, 11) is 0. The van der Waals surface area contributed by atoms with E-state index in [0.29, 0.717) is 24.2 Å². The van der Waals surface area contributed by atoms with Gasteiger partial charge >= 0.3 is 0 Å². The molecule has 0 unspecified atom stereocenters. The van der Waals surface area contributed by atoms with Gasteiger partial charge in [-0.25, -0.2) is 4.39 Å². The molecule has 2 aromatic rings. The molecule has 0 atom stereocenters. The van der Waals surface area contributed by atoms with E-state index >= 15 is 0 Å². The van der Waals surface area contributed by atoms with Crippen molar-refractivity contribution in [2.45, 2.75) is 13.3 Å². The number of rotatable bonds is 8. The van der Waals surface area contributed by atoms with Crippen LogP contribution in [0.4, 0.5) is 4.39 Å². The fraction of sp³-hybridized carbons (Fsp3) is 0.200. The van der Waals surface area contributed by atoms with Crippen molar-refractivity contribution < 1.29 is 18.7 Å². The summed E-state index contributed by atoms with van der Waals surface area (Å²) in [5.74, 6) is -1.04. The Balaban J connectivity index is 1.69. The van der Waals surface area contributed by atoms with E-state index in [0.717, 1.165) is 11.6 Å². The molecule has 5 nitrogen and oxygen atoms in total. The maximum absolute atomic E-state index is 13.3. The molecule has 0 aliphatic rings. The normalized spacial score (nSPS) is 10.2. The Morgan fingerprint density at radius 2 is 2.00 bits per heavy atom. The molecule has 0 aliphatic carbocycles. The molecule has 0 fully saturated rings. The highest BCUT2D eigenvalue weighted by Gasteiger charge is 2.08. The van der Waals surface area contributed by atoms with Gasteiger partial charge in [-0.1, -0.05) is 35.9 Å². The van der Waals surface area contributed by atoms with E-state index in [2.05, 4.69) is 17.2 Å². The lowest BCUT2D eigenvalue weighted by molar-refractivity contribution is -0.122. The maximum Gasteiger partial charge on any atom is 0.262 e. The van der Waals surface area contributed by atoms with Gasteiger partial charge in [-0.15, -0.1) is 0 Å². The largest absolute Gasteiger partial charge is 0.484 e. The Labute approximate surface area is 162 Å². The second-order valence-electron chi connectivity index (χ2n) is 5.89. The molecule has 2 aromatic carbocycles. The highest BCUT2D eigenvalue weighted by molar-refractivity contribution is 6.30. The smallest absolute Gasteiger partial charge is 0.262 e. The molecule has 0 spiro atoms. The van der Waals surface area contributed by atoms with E-state index < -0.39 is 11.7 Å². The van der Waals surface area contributed by atoms with Crippen molar-refractivity contribution in [3.63, 3.8) is 0 Å². The maximum atomic E-state index is 13.3. The van der Waals surface area contributed by atoms with Crippen LogP contribution in [0.15, 0.2) is 54.7 Å². The molecule has 0 heterocycles. The molecule has 2 N–H and O–H groups in total. The molecule has 0 bridgehead atoms. The van der Waals surface area contributed by atoms with E-state index in [1.165, 1.54) is 12.1 Å². The Kier molecular flexibility index (Phi) is 7.37.